The molecule has 2 N–H and O–H groups in total. The SMILES string of the molecule is CC1(C)S[C@@H]2C(NC(=O)C=S=O)C(=O)N2[C@H]1C(=O)O. The Morgan fingerprint density at radius 3 is 2.68 bits per heavy atom. The molecule has 0 aromatic heterocycles. The second kappa shape index (κ2) is 4.64. The zero-order chi connectivity index (χ0) is 14.4. The number of β-lactam (4-membered cyclic amide) rings is 1. The summed E-state index contributed by atoms with van der Waals surface area (Å²) in [6.45, 7) is 3.50. The summed E-state index contributed by atoms with van der Waals surface area (Å²) in [6.07, 6.45) is 0. The fourth-order valence-electron chi connectivity index (χ4n) is 2.38. The summed E-state index contributed by atoms with van der Waals surface area (Å²) in [6, 6.07) is -1.66. The van der Waals surface area contributed by atoms with Crippen molar-refractivity contribution in [2.75, 3.05) is 0 Å². The van der Waals surface area contributed by atoms with Crippen LogP contribution < -0.4 is 5.32 Å². The highest BCUT2D eigenvalue weighted by molar-refractivity contribution is 8.01. The summed E-state index contributed by atoms with van der Waals surface area (Å²) in [5.41, 5.74) is 0. The predicted molar refractivity (Wildman–Crippen MR) is 69.9 cm³/mol. The lowest BCUT2D eigenvalue weighted by atomic mass is 9.96. The van der Waals surface area contributed by atoms with Crippen LogP contribution in [0.25, 0.3) is 0 Å². The largest absolute Gasteiger partial charge is 0.480 e. The number of carboxylic acid groups (broad SMARTS) is 1. The molecule has 2 rings (SSSR count). The second-order valence-electron chi connectivity index (χ2n) is 4.80. The number of thioether (sulfide) groups is 1. The summed E-state index contributed by atoms with van der Waals surface area (Å²) in [7, 11) is 0. The van der Waals surface area contributed by atoms with Gasteiger partial charge in [0.05, 0.1) is 16.6 Å². The third-order valence-electron chi connectivity index (χ3n) is 3.13. The fraction of sp³-hybridized carbons (Fsp3) is 0.600. The molecule has 0 aromatic rings. The Morgan fingerprint density at radius 2 is 2.16 bits per heavy atom. The maximum absolute atomic E-state index is 11.9. The minimum absolute atomic E-state index is 0.00515. The number of aliphatic carboxylic acids is 1. The van der Waals surface area contributed by atoms with Crippen LogP contribution >= 0.6 is 11.8 Å². The molecule has 7 nitrogen and oxygen atoms in total. The zero-order valence-electron chi connectivity index (χ0n) is 10.2. The smallest absolute Gasteiger partial charge is 0.327 e. The Morgan fingerprint density at radius 1 is 1.53 bits per heavy atom. The van der Waals surface area contributed by atoms with E-state index < -0.39 is 40.0 Å². The average Bonchev–Trinajstić information content (AvgIpc) is 2.55. The first kappa shape index (κ1) is 14.1. The van der Waals surface area contributed by atoms with E-state index in [2.05, 4.69) is 5.32 Å². The van der Waals surface area contributed by atoms with E-state index >= 15 is 0 Å². The molecule has 2 aliphatic heterocycles. The van der Waals surface area contributed by atoms with Gasteiger partial charge in [-0.15, -0.1) is 11.8 Å². The third-order valence-corrected chi connectivity index (χ3v) is 5.01. The van der Waals surface area contributed by atoms with Crippen molar-refractivity contribution >= 4 is 46.2 Å². The van der Waals surface area contributed by atoms with Gasteiger partial charge in [-0.05, 0) is 13.8 Å². The van der Waals surface area contributed by atoms with Gasteiger partial charge in [-0.2, -0.15) is 0 Å². The molecular weight excluding hydrogens is 292 g/mol. The van der Waals surface area contributed by atoms with Crippen molar-refractivity contribution in [2.24, 2.45) is 0 Å². The Balaban J connectivity index is 2.16. The average molecular weight is 304 g/mol. The molecule has 104 valence electrons. The molecule has 2 aliphatic rings. The normalized spacial score (nSPS) is 31.2. The van der Waals surface area contributed by atoms with Crippen molar-refractivity contribution in [1.82, 2.24) is 10.2 Å². The van der Waals surface area contributed by atoms with Crippen LogP contribution in [0.15, 0.2) is 0 Å². The molecule has 3 atom stereocenters. The van der Waals surface area contributed by atoms with Crippen LogP contribution in [0.1, 0.15) is 13.8 Å². The van der Waals surface area contributed by atoms with Gasteiger partial charge in [-0.3, -0.25) is 9.59 Å². The first-order valence-corrected chi connectivity index (χ1v) is 7.13. The zero-order valence-corrected chi connectivity index (χ0v) is 11.8. The van der Waals surface area contributed by atoms with Gasteiger partial charge in [0, 0.05) is 4.75 Å². The van der Waals surface area contributed by atoms with Crippen LogP contribution in [0.5, 0.6) is 0 Å². The molecule has 0 radical (unpaired) electrons. The summed E-state index contributed by atoms with van der Waals surface area (Å²) >= 11 is 1.34. The van der Waals surface area contributed by atoms with Crippen molar-refractivity contribution in [1.29, 1.82) is 0 Å². The summed E-state index contributed by atoms with van der Waals surface area (Å²) < 4.78 is 9.58. The number of hydrogen-bond acceptors (Lipinski definition) is 5. The molecule has 2 fully saturated rings. The van der Waals surface area contributed by atoms with E-state index in [1.54, 1.807) is 13.8 Å². The number of carbonyl (C=O) groups is 3. The number of hydrogen-bond donors (Lipinski definition) is 2. The van der Waals surface area contributed by atoms with E-state index in [4.69, 9.17) is 0 Å². The summed E-state index contributed by atoms with van der Waals surface area (Å²) in [5, 5.41) is 12.0. The summed E-state index contributed by atoms with van der Waals surface area (Å²) in [4.78, 5) is 35.7. The monoisotopic (exact) mass is 304 g/mol. The van der Waals surface area contributed by atoms with Crippen LogP contribution in [-0.2, 0) is 25.6 Å². The van der Waals surface area contributed by atoms with Gasteiger partial charge in [0.25, 0.3) is 5.91 Å². The highest BCUT2D eigenvalue weighted by Gasteiger charge is 2.64. The quantitative estimate of drug-likeness (QED) is 0.493. The van der Waals surface area contributed by atoms with Gasteiger partial charge in [-0.25, -0.2) is 9.00 Å². The molecule has 0 spiro atoms. The van der Waals surface area contributed by atoms with Crippen molar-refractivity contribution in [2.45, 2.75) is 36.1 Å². The Kier molecular flexibility index (Phi) is 3.43. The number of fused-ring (bicyclic) bond motifs is 1. The van der Waals surface area contributed by atoms with Crippen molar-refractivity contribution in [3.8, 4) is 0 Å². The molecule has 0 aliphatic carbocycles. The molecular formula is C10H12N2O5S2. The molecule has 2 heterocycles. The standard InChI is InChI=1S/C10H12N2O5S2/c1-10(2)6(9(15)16)12-7(14)5(8(12)19-10)11-4(13)3-18-17/h3,5-6,8H,1-2H3,(H,11,13)(H,15,16)/t5?,6-,8+/m0/s1. The lowest BCUT2D eigenvalue weighted by Crippen LogP contribution is -2.70. The first-order chi connectivity index (χ1) is 8.79. The number of rotatable bonds is 3. The molecule has 0 bridgehead atoms. The van der Waals surface area contributed by atoms with Gasteiger partial charge >= 0.3 is 5.97 Å². The van der Waals surface area contributed by atoms with Crippen molar-refractivity contribution in [3.05, 3.63) is 0 Å². The lowest BCUT2D eigenvalue weighted by molar-refractivity contribution is -0.160. The fourth-order valence-corrected chi connectivity index (χ4v) is 4.16. The van der Waals surface area contributed by atoms with Crippen molar-refractivity contribution in [3.63, 3.8) is 0 Å². The molecule has 19 heavy (non-hydrogen) atoms. The van der Waals surface area contributed by atoms with E-state index in [0.29, 0.717) is 0 Å². The van der Waals surface area contributed by atoms with Crippen molar-refractivity contribution < 1.29 is 23.7 Å². The van der Waals surface area contributed by atoms with E-state index in [1.807, 2.05) is 0 Å². The molecule has 0 saturated carbocycles. The van der Waals surface area contributed by atoms with Gasteiger partial charge in [0.2, 0.25) is 5.91 Å². The highest BCUT2D eigenvalue weighted by atomic mass is 32.2. The van der Waals surface area contributed by atoms with Crippen LogP contribution in [-0.4, -0.2) is 59.6 Å². The highest BCUT2D eigenvalue weighted by Crippen LogP contribution is 2.50. The Labute approximate surface area is 116 Å². The topological polar surface area (TPSA) is 104 Å². The summed E-state index contributed by atoms with van der Waals surface area (Å²) in [5.74, 6) is -2.11. The number of carboxylic acids is 1. The maximum atomic E-state index is 11.9. The van der Waals surface area contributed by atoms with E-state index in [1.165, 1.54) is 16.7 Å². The Bertz CT molecular complexity index is 514. The van der Waals surface area contributed by atoms with Crippen LogP contribution in [0.4, 0.5) is 0 Å². The lowest BCUT2D eigenvalue weighted by Gasteiger charge is -2.43. The van der Waals surface area contributed by atoms with E-state index in [9.17, 15) is 23.7 Å². The van der Waals surface area contributed by atoms with Gasteiger partial charge in [0.15, 0.2) is 0 Å². The van der Waals surface area contributed by atoms with E-state index in [0.717, 1.165) is 5.37 Å². The molecule has 1 unspecified atom stereocenters. The Hall–Kier alpha value is -1.35. The minimum atomic E-state index is -1.06. The number of carbonyl (C=O) groups excluding carboxylic acids is 2. The first-order valence-electron chi connectivity index (χ1n) is 5.44. The van der Waals surface area contributed by atoms with Gasteiger partial charge in [-0.1, -0.05) is 0 Å². The van der Waals surface area contributed by atoms with Crippen LogP contribution in [0.2, 0.25) is 0 Å². The van der Waals surface area contributed by atoms with E-state index in [-0.39, 0.29) is 11.3 Å². The van der Waals surface area contributed by atoms with Crippen LogP contribution in [0.3, 0.4) is 0 Å². The third kappa shape index (κ3) is 2.16. The number of nitrogens with one attached hydrogen (secondary N) is 1. The predicted octanol–water partition coefficient (Wildman–Crippen LogP) is -1.37. The second-order valence-corrected chi connectivity index (χ2v) is 7.00. The molecule has 9 heteroatoms. The number of nitrogens with zero attached hydrogens (tertiary/aromatic N) is 1. The molecule has 2 amide bonds. The maximum Gasteiger partial charge on any atom is 0.327 e. The van der Waals surface area contributed by atoms with Gasteiger partial charge in [0.1, 0.15) is 17.5 Å². The van der Waals surface area contributed by atoms with Crippen LogP contribution in [0, 0.1) is 0 Å². The van der Waals surface area contributed by atoms with Gasteiger partial charge < -0.3 is 15.3 Å². The minimum Gasteiger partial charge on any atom is -0.480 e. The molecule has 0 aromatic carbocycles. The molecule has 2 saturated heterocycles. The number of amides is 2.